The quantitative estimate of drug-likeness (QED) is 0.441. The minimum atomic E-state index is 0.656. The lowest BCUT2D eigenvalue weighted by molar-refractivity contribution is 0.545. The molecule has 1 fully saturated rings. The van der Waals surface area contributed by atoms with Crippen LogP contribution in [0.15, 0.2) is 35.1 Å². The van der Waals surface area contributed by atoms with E-state index in [2.05, 4.69) is 33.6 Å². The zero-order valence-electron chi connectivity index (χ0n) is 9.58. The summed E-state index contributed by atoms with van der Waals surface area (Å²) in [4.78, 5) is 4.28. The molecule has 1 aromatic rings. The molecule has 2 heteroatoms. The van der Waals surface area contributed by atoms with Gasteiger partial charge in [0, 0.05) is 6.20 Å². The second-order valence-electron chi connectivity index (χ2n) is 4.61. The van der Waals surface area contributed by atoms with Crippen molar-refractivity contribution in [1.29, 1.82) is 0 Å². The molecule has 16 heavy (non-hydrogen) atoms. The molecule has 0 bridgehead atoms. The molecule has 86 valence electrons. The van der Waals surface area contributed by atoms with Crippen molar-refractivity contribution in [3.05, 3.63) is 40.6 Å². The van der Waals surface area contributed by atoms with Gasteiger partial charge in [0.15, 0.2) is 0 Å². The van der Waals surface area contributed by atoms with Gasteiger partial charge in [-0.1, -0.05) is 31.1 Å². The molecule has 1 heterocycles. The van der Waals surface area contributed by atoms with Gasteiger partial charge in [0.1, 0.15) is 4.60 Å². The molecule has 0 saturated heterocycles. The molecule has 2 rings (SSSR count). The van der Waals surface area contributed by atoms with E-state index in [0.717, 1.165) is 11.0 Å². The molecular weight excluding hydrogens is 262 g/mol. The molecular formula is C14H18BrN. The highest BCUT2D eigenvalue weighted by Crippen LogP contribution is 2.30. The Bertz CT molecular complexity index is 373. The van der Waals surface area contributed by atoms with E-state index in [1.54, 1.807) is 0 Å². The Hall–Kier alpha value is -0.630. The highest BCUT2D eigenvalue weighted by Gasteiger charge is 2.17. The molecule has 1 atom stereocenters. The third-order valence-electron chi connectivity index (χ3n) is 3.43. The van der Waals surface area contributed by atoms with E-state index < -0.39 is 0 Å². The van der Waals surface area contributed by atoms with Crippen molar-refractivity contribution in [2.45, 2.75) is 38.5 Å². The van der Waals surface area contributed by atoms with E-state index >= 15 is 0 Å². The molecule has 0 spiro atoms. The summed E-state index contributed by atoms with van der Waals surface area (Å²) < 4.78 is 0.993. The van der Waals surface area contributed by atoms with Crippen molar-refractivity contribution in [2.75, 3.05) is 0 Å². The zero-order chi connectivity index (χ0) is 11.4. The lowest BCUT2D eigenvalue weighted by atomic mass is 9.89. The Morgan fingerprint density at radius 1 is 1.38 bits per heavy atom. The van der Waals surface area contributed by atoms with Crippen molar-refractivity contribution in [1.82, 2.24) is 4.98 Å². The number of hydrogen-bond acceptors (Lipinski definition) is 1. The summed E-state index contributed by atoms with van der Waals surface area (Å²) in [5.41, 5.74) is 2.75. The Labute approximate surface area is 106 Å². The van der Waals surface area contributed by atoms with Gasteiger partial charge in [0.25, 0.3) is 0 Å². The Morgan fingerprint density at radius 2 is 2.25 bits per heavy atom. The molecule has 1 nitrogen and oxygen atoms in total. The summed E-state index contributed by atoms with van der Waals surface area (Å²) in [6.45, 7) is 4.25. The predicted molar refractivity (Wildman–Crippen MR) is 71.4 cm³/mol. The van der Waals surface area contributed by atoms with Crippen LogP contribution in [0.25, 0.3) is 0 Å². The summed E-state index contributed by atoms with van der Waals surface area (Å²) in [6, 6.07) is 4.18. The Morgan fingerprint density at radius 3 is 3.06 bits per heavy atom. The van der Waals surface area contributed by atoms with Crippen molar-refractivity contribution < 1.29 is 0 Å². The van der Waals surface area contributed by atoms with Crippen LogP contribution in [0, 0.1) is 5.92 Å². The van der Waals surface area contributed by atoms with Crippen molar-refractivity contribution in [2.24, 2.45) is 5.92 Å². The third kappa shape index (κ3) is 2.94. The SMILES string of the molecule is C=C1CCCCC[C@H]1Cc1cccnc1Br. The summed E-state index contributed by atoms with van der Waals surface area (Å²) in [5, 5.41) is 0. The van der Waals surface area contributed by atoms with Gasteiger partial charge in [-0.25, -0.2) is 4.98 Å². The van der Waals surface area contributed by atoms with Gasteiger partial charge < -0.3 is 0 Å². The lowest BCUT2D eigenvalue weighted by Crippen LogP contribution is -2.06. The molecule has 1 aliphatic carbocycles. The maximum atomic E-state index is 4.28. The fraction of sp³-hybridized carbons (Fsp3) is 0.500. The second kappa shape index (κ2) is 5.62. The molecule has 0 aliphatic heterocycles. The summed E-state index contributed by atoms with van der Waals surface area (Å²) in [6.07, 6.45) is 9.46. The number of rotatable bonds is 2. The number of halogens is 1. The molecule has 0 unspecified atom stereocenters. The fourth-order valence-electron chi connectivity index (χ4n) is 2.41. The molecule has 0 N–H and O–H groups in total. The first-order valence-corrected chi connectivity index (χ1v) is 6.83. The van der Waals surface area contributed by atoms with E-state index in [0.29, 0.717) is 5.92 Å². The number of aromatic nitrogens is 1. The van der Waals surface area contributed by atoms with Gasteiger partial charge in [-0.15, -0.1) is 0 Å². The van der Waals surface area contributed by atoms with Gasteiger partial charge >= 0.3 is 0 Å². The summed E-state index contributed by atoms with van der Waals surface area (Å²) >= 11 is 3.52. The second-order valence-corrected chi connectivity index (χ2v) is 5.36. The number of allylic oxidation sites excluding steroid dienone is 1. The van der Waals surface area contributed by atoms with Crippen LogP contribution >= 0.6 is 15.9 Å². The van der Waals surface area contributed by atoms with E-state index in [-0.39, 0.29) is 0 Å². The van der Waals surface area contributed by atoms with Crippen LogP contribution < -0.4 is 0 Å². The molecule has 0 radical (unpaired) electrons. The smallest absolute Gasteiger partial charge is 0.109 e. The van der Waals surface area contributed by atoms with Crippen LogP contribution in [-0.4, -0.2) is 4.98 Å². The van der Waals surface area contributed by atoms with Gasteiger partial charge in [-0.2, -0.15) is 0 Å². The largest absolute Gasteiger partial charge is 0.249 e. The standard InChI is InChI=1S/C14H18BrN/c1-11-6-3-2-4-7-12(11)10-13-8-5-9-16-14(13)15/h5,8-9,12H,1-4,6-7,10H2/t12-/m0/s1. The fourth-order valence-corrected chi connectivity index (χ4v) is 2.82. The Kier molecular flexibility index (Phi) is 4.16. The molecule has 1 aromatic heterocycles. The zero-order valence-corrected chi connectivity index (χ0v) is 11.2. The van der Waals surface area contributed by atoms with Crippen LogP contribution in [0.3, 0.4) is 0 Å². The van der Waals surface area contributed by atoms with Crippen LogP contribution in [0.4, 0.5) is 0 Å². The maximum Gasteiger partial charge on any atom is 0.109 e. The summed E-state index contributed by atoms with van der Waals surface area (Å²) in [5.74, 6) is 0.656. The van der Waals surface area contributed by atoms with Crippen LogP contribution in [0.5, 0.6) is 0 Å². The molecule has 0 aromatic carbocycles. The van der Waals surface area contributed by atoms with E-state index in [1.807, 2.05) is 12.3 Å². The van der Waals surface area contributed by atoms with Crippen LogP contribution in [0.2, 0.25) is 0 Å². The first-order chi connectivity index (χ1) is 7.77. The van der Waals surface area contributed by atoms with Crippen LogP contribution in [0.1, 0.15) is 37.7 Å². The molecule has 1 aliphatic rings. The lowest BCUT2D eigenvalue weighted by Gasteiger charge is -2.17. The maximum absolute atomic E-state index is 4.28. The van der Waals surface area contributed by atoms with Gasteiger partial charge in [0.2, 0.25) is 0 Å². The van der Waals surface area contributed by atoms with Crippen molar-refractivity contribution in [3.8, 4) is 0 Å². The van der Waals surface area contributed by atoms with Gasteiger partial charge in [0.05, 0.1) is 0 Å². The van der Waals surface area contributed by atoms with E-state index in [4.69, 9.17) is 0 Å². The first kappa shape index (κ1) is 11.8. The monoisotopic (exact) mass is 279 g/mol. The molecule has 0 amide bonds. The minimum absolute atomic E-state index is 0.656. The highest BCUT2D eigenvalue weighted by atomic mass is 79.9. The summed E-state index contributed by atoms with van der Waals surface area (Å²) in [7, 11) is 0. The van der Waals surface area contributed by atoms with Crippen LogP contribution in [-0.2, 0) is 6.42 Å². The normalized spacial score (nSPS) is 21.8. The number of nitrogens with zero attached hydrogens (tertiary/aromatic N) is 1. The topological polar surface area (TPSA) is 12.9 Å². The number of hydrogen-bond donors (Lipinski definition) is 0. The Balaban J connectivity index is 2.08. The van der Waals surface area contributed by atoms with E-state index in [1.165, 1.54) is 43.2 Å². The first-order valence-electron chi connectivity index (χ1n) is 6.04. The van der Waals surface area contributed by atoms with Gasteiger partial charge in [-0.3, -0.25) is 0 Å². The van der Waals surface area contributed by atoms with Crippen molar-refractivity contribution in [3.63, 3.8) is 0 Å². The predicted octanol–water partition coefficient (Wildman–Crippen LogP) is 4.52. The minimum Gasteiger partial charge on any atom is -0.249 e. The third-order valence-corrected chi connectivity index (χ3v) is 4.14. The average molecular weight is 280 g/mol. The van der Waals surface area contributed by atoms with E-state index in [9.17, 15) is 0 Å². The number of pyridine rings is 1. The van der Waals surface area contributed by atoms with Crippen molar-refractivity contribution >= 4 is 15.9 Å². The van der Waals surface area contributed by atoms with Gasteiger partial charge in [-0.05, 0) is 59.2 Å². The highest BCUT2D eigenvalue weighted by molar-refractivity contribution is 9.10. The average Bonchev–Trinajstić information content (AvgIpc) is 2.48. The molecule has 1 saturated carbocycles.